The summed E-state index contributed by atoms with van der Waals surface area (Å²) in [5, 5.41) is 0. The van der Waals surface area contributed by atoms with Gasteiger partial charge in [-0.1, -0.05) is 284 Å². The molecule has 0 saturated heterocycles. The first-order chi connectivity index (χ1) is 39.0. The van der Waals surface area contributed by atoms with Crippen molar-refractivity contribution in [2.24, 2.45) is 0 Å². The van der Waals surface area contributed by atoms with Crippen LogP contribution in [0, 0.1) is 0 Å². The van der Waals surface area contributed by atoms with Gasteiger partial charge in [-0.05, 0) is 122 Å². The van der Waals surface area contributed by atoms with Gasteiger partial charge in [-0.25, -0.2) is 0 Å². The Morgan fingerprint density at radius 2 is 0.494 bits per heavy atom. The summed E-state index contributed by atoms with van der Waals surface area (Å²) in [7, 11) is 0. The van der Waals surface area contributed by atoms with Crippen molar-refractivity contribution in [2.45, 2.75) is 309 Å². The van der Waals surface area contributed by atoms with Crippen molar-refractivity contribution < 1.29 is 28.6 Å². The van der Waals surface area contributed by atoms with Crippen LogP contribution in [-0.4, -0.2) is 37.2 Å². The van der Waals surface area contributed by atoms with E-state index in [9.17, 15) is 14.4 Å². The van der Waals surface area contributed by atoms with E-state index in [4.69, 9.17) is 14.2 Å². The normalized spacial score (nSPS) is 12.9. The van der Waals surface area contributed by atoms with E-state index in [0.29, 0.717) is 19.3 Å². The third kappa shape index (κ3) is 64.5. The molecule has 0 bridgehead atoms. The number of carbonyl (C=O) groups is 3. The van der Waals surface area contributed by atoms with Gasteiger partial charge in [0.1, 0.15) is 13.2 Å². The molecule has 0 fully saturated rings. The molecular weight excluding hydrogens is 973 g/mol. The van der Waals surface area contributed by atoms with Crippen LogP contribution in [0.1, 0.15) is 303 Å². The summed E-state index contributed by atoms with van der Waals surface area (Å²) < 4.78 is 16.9. The van der Waals surface area contributed by atoms with E-state index in [1.54, 1.807) is 0 Å². The SMILES string of the molecule is CC/C=C\C/C=C\C/C=C\C/C=C\C/C=C\C/C=C\CCCCCCCCCCCCCCCCCCC(=O)OCC(COC(=O)CCCCCCC/C=C\CCCC)OC(=O)CCCCCCC/C=C\C/C=C\C/C=C\CC. The number of unbranched alkanes of at least 4 members (excludes halogenated alkanes) is 28. The van der Waals surface area contributed by atoms with E-state index in [1.165, 1.54) is 122 Å². The van der Waals surface area contributed by atoms with Crippen LogP contribution in [0.4, 0.5) is 0 Å². The fraction of sp³-hybridized carbons (Fsp3) is 0.685. The molecule has 0 aliphatic heterocycles. The number of hydrogen-bond donors (Lipinski definition) is 0. The molecule has 0 heterocycles. The molecule has 79 heavy (non-hydrogen) atoms. The molecule has 0 spiro atoms. The second-order valence-corrected chi connectivity index (χ2v) is 21.6. The lowest BCUT2D eigenvalue weighted by Crippen LogP contribution is -2.30. The van der Waals surface area contributed by atoms with Crippen LogP contribution >= 0.6 is 0 Å². The molecule has 0 aromatic heterocycles. The average Bonchev–Trinajstić information content (AvgIpc) is 3.45. The van der Waals surface area contributed by atoms with Gasteiger partial charge in [0, 0.05) is 19.3 Å². The van der Waals surface area contributed by atoms with Gasteiger partial charge in [0.2, 0.25) is 0 Å². The van der Waals surface area contributed by atoms with Gasteiger partial charge in [-0.3, -0.25) is 14.4 Å². The lowest BCUT2D eigenvalue weighted by atomic mass is 10.0. The molecule has 0 radical (unpaired) electrons. The summed E-state index contributed by atoms with van der Waals surface area (Å²) in [6.07, 6.45) is 92.3. The standard InChI is InChI=1S/C73H122O6/c1-4-7-10-13-16-19-22-24-26-27-28-29-30-31-32-33-34-35-36-37-38-39-40-41-42-43-44-45-47-48-51-54-57-60-63-66-72(75)78-69-70(68-77-71(74)65-62-59-56-53-50-21-18-15-12-9-6-3)79-73(76)67-64-61-58-55-52-49-46-25-23-20-17-14-11-8-5-2/h7-8,10-11,15-20,24-26,28-29,31-32,34-35,46,70H,4-6,9,12-14,21-23,27,30,33,36-45,47-69H2,1-3H3/b10-7-,11-8-,18-15-,19-16-,20-17-,26-24-,29-28-,32-31-,35-34-,46-25-. The first-order valence-electron chi connectivity index (χ1n) is 33.0. The summed E-state index contributed by atoms with van der Waals surface area (Å²) >= 11 is 0. The molecule has 450 valence electrons. The minimum Gasteiger partial charge on any atom is -0.462 e. The molecular formula is C73H122O6. The highest BCUT2D eigenvalue weighted by molar-refractivity contribution is 5.71. The van der Waals surface area contributed by atoms with Crippen LogP contribution in [0.25, 0.3) is 0 Å². The molecule has 0 aliphatic rings. The molecule has 0 rings (SSSR count). The molecule has 0 saturated carbocycles. The molecule has 6 heteroatoms. The molecule has 1 unspecified atom stereocenters. The quantitative estimate of drug-likeness (QED) is 0.0261. The Kier molecular flexibility index (Phi) is 62.8. The van der Waals surface area contributed by atoms with E-state index >= 15 is 0 Å². The molecule has 0 aliphatic carbocycles. The monoisotopic (exact) mass is 1090 g/mol. The van der Waals surface area contributed by atoms with Crippen molar-refractivity contribution in [3.05, 3.63) is 122 Å². The minimum absolute atomic E-state index is 0.0870. The van der Waals surface area contributed by atoms with Crippen LogP contribution in [0.3, 0.4) is 0 Å². The first-order valence-corrected chi connectivity index (χ1v) is 33.0. The Hall–Kier alpha value is -4.19. The zero-order valence-corrected chi connectivity index (χ0v) is 51.6. The number of carbonyl (C=O) groups excluding carboxylic acids is 3. The summed E-state index contributed by atoms with van der Waals surface area (Å²) in [6, 6.07) is 0. The topological polar surface area (TPSA) is 78.9 Å². The molecule has 6 nitrogen and oxygen atoms in total. The Morgan fingerprint density at radius 1 is 0.266 bits per heavy atom. The number of rotatable bonds is 59. The zero-order chi connectivity index (χ0) is 57.1. The fourth-order valence-corrected chi connectivity index (χ4v) is 9.03. The molecule has 1 atom stereocenters. The van der Waals surface area contributed by atoms with Crippen molar-refractivity contribution >= 4 is 17.9 Å². The van der Waals surface area contributed by atoms with Gasteiger partial charge in [-0.2, -0.15) is 0 Å². The summed E-state index contributed by atoms with van der Waals surface area (Å²) in [6.45, 7) is 6.37. The van der Waals surface area contributed by atoms with Crippen molar-refractivity contribution in [3.63, 3.8) is 0 Å². The number of hydrogen-bond acceptors (Lipinski definition) is 6. The lowest BCUT2D eigenvalue weighted by Gasteiger charge is -2.18. The van der Waals surface area contributed by atoms with Crippen LogP contribution in [0.15, 0.2) is 122 Å². The van der Waals surface area contributed by atoms with Crippen molar-refractivity contribution in [3.8, 4) is 0 Å². The Bertz CT molecular complexity index is 1640. The van der Waals surface area contributed by atoms with E-state index in [2.05, 4.69) is 142 Å². The summed E-state index contributed by atoms with van der Waals surface area (Å²) in [5.41, 5.74) is 0. The van der Waals surface area contributed by atoms with Crippen molar-refractivity contribution in [1.82, 2.24) is 0 Å². The van der Waals surface area contributed by atoms with Crippen molar-refractivity contribution in [1.29, 1.82) is 0 Å². The maximum atomic E-state index is 12.9. The van der Waals surface area contributed by atoms with Gasteiger partial charge in [0.15, 0.2) is 6.10 Å². The average molecular weight is 1100 g/mol. The number of allylic oxidation sites excluding steroid dienone is 20. The molecule has 0 N–H and O–H groups in total. The maximum absolute atomic E-state index is 12.9. The van der Waals surface area contributed by atoms with E-state index in [-0.39, 0.29) is 31.1 Å². The highest BCUT2D eigenvalue weighted by atomic mass is 16.6. The molecule has 0 aromatic carbocycles. The molecule has 0 aromatic rings. The van der Waals surface area contributed by atoms with Crippen LogP contribution in [-0.2, 0) is 28.6 Å². The zero-order valence-electron chi connectivity index (χ0n) is 51.6. The second kappa shape index (κ2) is 66.3. The summed E-state index contributed by atoms with van der Waals surface area (Å²) in [4.78, 5) is 38.2. The molecule has 0 amide bonds. The van der Waals surface area contributed by atoms with Crippen LogP contribution in [0.5, 0.6) is 0 Å². The Balaban J connectivity index is 4.12. The van der Waals surface area contributed by atoms with Crippen molar-refractivity contribution in [2.75, 3.05) is 13.2 Å². The fourth-order valence-electron chi connectivity index (χ4n) is 9.03. The number of ether oxygens (including phenoxy) is 3. The smallest absolute Gasteiger partial charge is 0.306 e. The van der Waals surface area contributed by atoms with E-state index in [0.717, 1.165) is 141 Å². The van der Waals surface area contributed by atoms with Gasteiger partial charge in [-0.15, -0.1) is 0 Å². The predicted molar refractivity (Wildman–Crippen MR) is 343 cm³/mol. The minimum atomic E-state index is -0.791. The van der Waals surface area contributed by atoms with E-state index in [1.807, 2.05) is 0 Å². The van der Waals surface area contributed by atoms with Gasteiger partial charge in [0.05, 0.1) is 0 Å². The maximum Gasteiger partial charge on any atom is 0.306 e. The van der Waals surface area contributed by atoms with Crippen LogP contribution < -0.4 is 0 Å². The largest absolute Gasteiger partial charge is 0.462 e. The Labute approximate surface area is 488 Å². The highest BCUT2D eigenvalue weighted by Crippen LogP contribution is 2.16. The van der Waals surface area contributed by atoms with E-state index < -0.39 is 6.10 Å². The van der Waals surface area contributed by atoms with Gasteiger partial charge >= 0.3 is 17.9 Å². The first kappa shape index (κ1) is 74.8. The predicted octanol–water partition coefficient (Wildman–Crippen LogP) is 22.8. The lowest BCUT2D eigenvalue weighted by molar-refractivity contribution is -0.167. The van der Waals surface area contributed by atoms with Gasteiger partial charge in [0.25, 0.3) is 0 Å². The van der Waals surface area contributed by atoms with Crippen LogP contribution in [0.2, 0.25) is 0 Å². The Morgan fingerprint density at radius 3 is 0.785 bits per heavy atom. The number of esters is 3. The third-order valence-electron chi connectivity index (χ3n) is 13.9. The van der Waals surface area contributed by atoms with Gasteiger partial charge < -0.3 is 14.2 Å². The summed E-state index contributed by atoms with van der Waals surface area (Å²) in [5.74, 6) is -0.909. The third-order valence-corrected chi connectivity index (χ3v) is 13.9. The second-order valence-electron chi connectivity index (χ2n) is 21.6. The highest BCUT2D eigenvalue weighted by Gasteiger charge is 2.19.